The van der Waals surface area contributed by atoms with Gasteiger partial charge in [0.05, 0.1) is 11.6 Å². The van der Waals surface area contributed by atoms with Crippen LogP contribution in [0, 0.1) is 0 Å². The number of hydrogen-bond donors (Lipinski definition) is 1. The molecule has 1 aromatic carbocycles. The first-order chi connectivity index (χ1) is 10.5. The highest BCUT2D eigenvalue weighted by Crippen LogP contribution is 2.24. The van der Waals surface area contributed by atoms with Crippen molar-refractivity contribution in [2.24, 2.45) is 0 Å². The number of aromatic nitrogens is 1. The van der Waals surface area contributed by atoms with Crippen LogP contribution in [-0.4, -0.2) is 33.9 Å². The van der Waals surface area contributed by atoms with Crippen molar-refractivity contribution < 1.29 is 14.7 Å². The molecule has 22 heavy (non-hydrogen) atoms. The zero-order chi connectivity index (χ0) is 16.1. The Labute approximate surface area is 129 Å². The van der Waals surface area contributed by atoms with Gasteiger partial charge in [0.15, 0.2) is 0 Å². The summed E-state index contributed by atoms with van der Waals surface area (Å²) in [7, 11) is 1.72. The average Bonchev–Trinajstić information content (AvgIpc) is 2.55. The molecule has 1 N–H and O–H groups in total. The van der Waals surface area contributed by atoms with Gasteiger partial charge < -0.3 is 10.0 Å². The number of benzene rings is 1. The van der Waals surface area contributed by atoms with E-state index in [0.717, 1.165) is 12.0 Å². The van der Waals surface area contributed by atoms with Crippen molar-refractivity contribution in [2.45, 2.75) is 19.4 Å². The van der Waals surface area contributed by atoms with Crippen LogP contribution in [0.25, 0.3) is 0 Å². The Kier molecular flexibility index (Phi) is 4.88. The molecule has 0 spiro atoms. The number of carboxylic acids is 1. The lowest BCUT2D eigenvalue weighted by Crippen LogP contribution is -2.31. The van der Waals surface area contributed by atoms with E-state index in [9.17, 15) is 9.59 Å². The van der Waals surface area contributed by atoms with Crippen LogP contribution in [0.1, 0.15) is 45.7 Å². The van der Waals surface area contributed by atoms with Gasteiger partial charge in [-0.15, -0.1) is 0 Å². The molecule has 0 fully saturated rings. The van der Waals surface area contributed by atoms with E-state index in [4.69, 9.17) is 5.11 Å². The van der Waals surface area contributed by atoms with Crippen molar-refractivity contribution in [3.05, 3.63) is 65.5 Å². The van der Waals surface area contributed by atoms with Crippen LogP contribution < -0.4 is 0 Å². The van der Waals surface area contributed by atoms with Crippen molar-refractivity contribution in [3.63, 3.8) is 0 Å². The second kappa shape index (κ2) is 6.85. The van der Waals surface area contributed by atoms with E-state index in [0.29, 0.717) is 5.56 Å². The third-order valence-electron chi connectivity index (χ3n) is 3.60. The molecule has 1 amide bonds. The first-order valence-electron chi connectivity index (χ1n) is 7.05. The van der Waals surface area contributed by atoms with E-state index >= 15 is 0 Å². The van der Waals surface area contributed by atoms with Gasteiger partial charge in [-0.2, -0.15) is 0 Å². The summed E-state index contributed by atoms with van der Waals surface area (Å²) in [6.07, 6.45) is 4.17. The molecule has 2 aromatic rings. The molecule has 0 saturated carbocycles. The molecule has 5 heteroatoms. The van der Waals surface area contributed by atoms with Crippen LogP contribution in [-0.2, 0) is 0 Å². The minimum absolute atomic E-state index is 0.102. The lowest BCUT2D eigenvalue weighted by Gasteiger charge is -2.27. The largest absolute Gasteiger partial charge is 0.478 e. The highest BCUT2D eigenvalue weighted by atomic mass is 16.4. The van der Waals surface area contributed by atoms with Crippen LogP contribution in [0.4, 0.5) is 0 Å². The molecule has 1 atom stereocenters. The minimum atomic E-state index is -1.04. The van der Waals surface area contributed by atoms with Gasteiger partial charge in [-0.1, -0.05) is 19.1 Å². The highest BCUT2D eigenvalue weighted by Gasteiger charge is 2.22. The fraction of sp³-hybridized carbons (Fsp3) is 0.235. The first-order valence-corrected chi connectivity index (χ1v) is 7.05. The Bertz CT molecular complexity index is 671. The van der Waals surface area contributed by atoms with Crippen molar-refractivity contribution in [1.29, 1.82) is 0 Å². The molecule has 114 valence electrons. The summed E-state index contributed by atoms with van der Waals surface area (Å²) >= 11 is 0. The second-order valence-corrected chi connectivity index (χ2v) is 5.01. The van der Waals surface area contributed by atoms with Crippen molar-refractivity contribution in [1.82, 2.24) is 9.88 Å². The fourth-order valence-corrected chi connectivity index (χ4v) is 2.44. The molecule has 0 aliphatic rings. The van der Waals surface area contributed by atoms with E-state index < -0.39 is 5.97 Å². The molecule has 0 radical (unpaired) electrons. The lowest BCUT2D eigenvalue weighted by molar-refractivity contribution is 0.0697. The number of carbonyl (C=O) groups is 2. The summed E-state index contributed by atoms with van der Waals surface area (Å²) in [6, 6.07) is 9.74. The molecular weight excluding hydrogens is 280 g/mol. The molecule has 1 aromatic heterocycles. The zero-order valence-electron chi connectivity index (χ0n) is 12.6. The van der Waals surface area contributed by atoms with Crippen LogP contribution in [0.15, 0.2) is 48.8 Å². The molecular formula is C17H18N2O3. The Morgan fingerprint density at radius 1 is 1.23 bits per heavy atom. The quantitative estimate of drug-likeness (QED) is 0.921. The number of hydrogen-bond acceptors (Lipinski definition) is 3. The maximum atomic E-state index is 12.6. The van der Waals surface area contributed by atoms with Crippen molar-refractivity contribution in [2.75, 3.05) is 7.05 Å². The van der Waals surface area contributed by atoms with Gasteiger partial charge in [0, 0.05) is 25.0 Å². The van der Waals surface area contributed by atoms with E-state index in [2.05, 4.69) is 4.98 Å². The van der Waals surface area contributed by atoms with Gasteiger partial charge in [0.2, 0.25) is 0 Å². The maximum absolute atomic E-state index is 12.6. The predicted octanol–water partition coefficient (Wildman–Crippen LogP) is 3.00. The number of carbonyl (C=O) groups excluding carboxylic acids is 1. The van der Waals surface area contributed by atoms with Crippen LogP contribution >= 0.6 is 0 Å². The van der Waals surface area contributed by atoms with Crippen LogP contribution in [0.3, 0.4) is 0 Å². The van der Waals surface area contributed by atoms with Crippen molar-refractivity contribution >= 4 is 11.9 Å². The van der Waals surface area contributed by atoms with E-state index in [1.807, 2.05) is 19.1 Å². The van der Waals surface area contributed by atoms with Gasteiger partial charge in [0.25, 0.3) is 5.91 Å². The smallest absolute Gasteiger partial charge is 0.335 e. The summed E-state index contributed by atoms with van der Waals surface area (Å²) < 4.78 is 0. The summed E-state index contributed by atoms with van der Waals surface area (Å²) in [4.78, 5) is 29.3. The van der Waals surface area contributed by atoms with Gasteiger partial charge in [-0.3, -0.25) is 9.78 Å². The topological polar surface area (TPSA) is 70.5 Å². The molecule has 1 heterocycles. The second-order valence-electron chi connectivity index (χ2n) is 5.01. The van der Waals surface area contributed by atoms with Crippen LogP contribution in [0.2, 0.25) is 0 Å². The number of aromatic carboxylic acids is 1. The summed E-state index contributed by atoms with van der Waals surface area (Å²) in [5.41, 5.74) is 1.42. The Morgan fingerprint density at radius 3 is 2.55 bits per heavy atom. The molecule has 2 rings (SSSR count). The Balaban J connectivity index is 2.28. The third kappa shape index (κ3) is 3.31. The number of rotatable bonds is 5. The maximum Gasteiger partial charge on any atom is 0.335 e. The predicted molar refractivity (Wildman–Crippen MR) is 82.8 cm³/mol. The fourth-order valence-electron chi connectivity index (χ4n) is 2.44. The molecule has 0 aliphatic carbocycles. The molecule has 0 aliphatic heterocycles. The van der Waals surface area contributed by atoms with Crippen molar-refractivity contribution in [3.8, 4) is 0 Å². The summed E-state index contributed by atoms with van der Waals surface area (Å²) in [5, 5.41) is 9.03. The summed E-state index contributed by atoms with van der Waals surface area (Å²) in [5.74, 6) is -1.25. The number of pyridine rings is 1. The average molecular weight is 298 g/mol. The van der Waals surface area contributed by atoms with E-state index in [1.54, 1.807) is 36.5 Å². The number of nitrogens with zero attached hydrogens (tertiary/aromatic N) is 2. The lowest BCUT2D eigenvalue weighted by atomic mass is 10.0. The normalized spacial score (nSPS) is 11.7. The van der Waals surface area contributed by atoms with E-state index in [-0.39, 0.29) is 17.5 Å². The molecule has 1 unspecified atom stereocenters. The Hall–Kier alpha value is -2.69. The Morgan fingerprint density at radius 2 is 1.95 bits per heavy atom. The van der Waals surface area contributed by atoms with E-state index in [1.165, 1.54) is 12.1 Å². The number of carboxylic acid groups (broad SMARTS) is 1. The highest BCUT2D eigenvalue weighted by molar-refractivity contribution is 5.97. The standard InChI is InChI=1S/C17H18N2O3/c1-3-15(14-8-5-9-18-11-14)19(2)16(20)12-6-4-7-13(10-12)17(21)22/h4-11,15H,3H2,1-2H3,(H,21,22). The number of amides is 1. The molecule has 0 saturated heterocycles. The zero-order valence-corrected chi connectivity index (χ0v) is 12.6. The summed E-state index contributed by atoms with van der Waals surface area (Å²) in [6.45, 7) is 2.00. The van der Waals surface area contributed by atoms with Gasteiger partial charge in [-0.05, 0) is 36.2 Å². The molecule has 5 nitrogen and oxygen atoms in total. The van der Waals surface area contributed by atoms with Gasteiger partial charge in [-0.25, -0.2) is 4.79 Å². The third-order valence-corrected chi connectivity index (χ3v) is 3.60. The first kappa shape index (κ1) is 15.7. The molecule has 0 bridgehead atoms. The van der Waals surface area contributed by atoms with Gasteiger partial charge in [0.1, 0.15) is 0 Å². The van der Waals surface area contributed by atoms with Gasteiger partial charge >= 0.3 is 5.97 Å². The minimum Gasteiger partial charge on any atom is -0.478 e. The SMILES string of the molecule is CCC(c1cccnc1)N(C)C(=O)c1cccc(C(=O)O)c1. The monoisotopic (exact) mass is 298 g/mol. The van der Waals surface area contributed by atoms with Crippen LogP contribution in [0.5, 0.6) is 0 Å².